The third kappa shape index (κ3) is 2.49. The number of anilines is 1. The molecule has 0 bridgehead atoms. The Hall–Kier alpha value is -2.36. The molecule has 3 rings (SSSR count). The summed E-state index contributed by atoms with van der Waals surface area (Å²) in [7, 11) is 1.66. The van der Waals surface area contributed by atoms with Crippen LogP contribution in [0.2, 0.25) is 0 Å². The molecule has 0 N–H and O–H groups in total. The van der Waals surface area contributed by atoms with Gasteiger partial charge in [-0.15, -0.1) is 0 Å². The summed E-state index contributed by atoms with van der Waals surface area (Å²) in [5.41, 5.74) is 3.11. The second kappa shape index (κ2) is 5.56. The molecule has 4 nitrogen and oxygen atoms in total. The SMILES string of the molecule is COc1ccc2c(c1)CCN2C(=O)C(C)c1cccnc1. The molecule has 0 saturated heterocycles. The van der Waals surface area contributed by atoms with E-state index < -0.39 is 0 Å². The van der Waals surface area contributed by atoms with Crippen molar-refractivity contribution in [3.8, 4) is 5.75 Å². The third-order valence-electron chi connectivity index (χ3n) is 4.00. The monoisotopic (exact) mass is 282 g/mol. The summed E-state index contributed by atoms with van der Waals surface area (Å²) in [6, 6.07) is 9.69. The minimum atomic E-state index is -0.188. The number of ether oxygens (including phenoxy) is 1. The summed E-state index contributed by atoms with van der Waals surface area (Å²) in [6.45, 7) is 2.66. The Labute approximate surface area is 124 Å². The molecule has 0 saturated carbocycles. The van der Waals surface area contributed by atoms with Crippen molar-refractivity contribution in [2.24, 2.45) is 0 Å². The summed E-state index contributed by atoms with van der Waals surface area (Å²) in [6.07, 6.45) is 4.35. The maximum atomic E-state index is 12.7. The molecule has 1 unspecified atom stereocenters. The van der Waals surface area contributed by atoms with Gasteiger partial charge < -0.3 is 9.64 Å². The van der Waals surface area contributed by atoms with Crippen LogP contribution in [0.25, 0.3) is 0 Å². The Balaban J connectivity index is 1.85. The number of aromatic nitrogens is 1. The van der Waals surface area contributed by atoms with Gasteiger partial charge in [-0.05, 0) is 48.7 Å². The highest BCUT2D eigenvalue weighted by Gasteiger charge is 2.29. The van der Waals surface area contributed by atoms with Crippen molar-refractivity contribution in [2.45, 2.75) is 19.3 Å². The lowest BCUT2D eigenvalue weighted by Crippen LogP contribution is -2.32. The summed E-state index contributed by atoms with van der Waals surface area (Å²) in [4.78, 5) is 18.7. The van der Waals surface area contributed by atoms with E-state index in [2.05, 4.69) is 4.98 Å². The first-order valence-electron chi connectivity index (χ1n) is 7.09. The molecule has 1 atom stereocenters. The van der Waals surface area contributed by atoms with E-state index in [9.17, 15) is 4.79 Å². The number of benzene rings is 1. The molecule has 1 aromatic heterocycles. The van der Waals surface area contributed by atoms with E-state index in [1.807, 2.05) is 42.2 Å². The van der Waals surface area contributed by atoms with Crippen molar-refractivity contribution in [1.82, 2.24) is 4.98 Å². The van der Waals surface area contributed by atoms with Crippen LogP contribution in [0.3, 0.4) is 0 Å². The number of amides is 1. The summed E-state index contributed by atoms with van der Waals surface area (Å²) in [5.74, 6) is 0.766. The summed E-state index contributed by atoms with van der Waals surface area (Å²) in [5, 5.41) is 0. The number of hydrogen-bond donors (Lipinski definition) is 0. The molecule has 0 radical (unpaired) electrons. The summed E-state index contributed by atoms with van der Waals surface area (Å²) >= 11 is 0. The number of nitrogens with zero attached hydrogens (tertiary/aromatic N) is 2. The lowest BCUT2D eigenvalue weighted by molar-refractivity contribution is -0.119. The number of fused-ring (bicyclic) bond motifs is 1. The first-order valence-corrected chi connectivity index (χ1v) is 7.09. The standard InChI is InChI=1S/C17H18N2O2/c1-12(14-4-3-8-18-11-14)17(20)19-9-7-13-10-15(21-2)5-6-16(13)19/h3-6,8,10-12H,7,9H2,1-2H3. The van der Waals surface area contributed by atoms with Gasteiger partial charge >= 0.3 is 0 Å². The predicted octanol–water partition coefficient (Wildman–Crippen LogP) is 2.78. The minimum Gasteiger partial charge on any atom is -0.497 e. The Bertz CT molecular complexity index is 655. The topological polar surface area (TPSA) is 42.4 Å². The average molecular weight is 282 g/mol. The Morgan fingerprint density at radius 2 is 2.24 bits per heavy atom. The van der Waals surface area contributed by atoms with Crippen LogP contribution in [0.5, 0.6) is 5.75 Å². The first kappa shape index (κ1) is 13.6. The maximum absolute atomic E-state index is 12.7. The highest BCUT2D eigenvalue weighted by Crippen LogP contribution is 2.33. The molecule has 1 aliphatic rings. The van der Waals surface area contributed by atoms with Crippen LogP contribution in [-0.4, -0.2) is 24.5 Å². The van der Waals surface area contributed by atoms with Gasteiger partial charge in [0, 0.05) is 24.6 Å². The van der Waals surface area contributed by atoms with Crippen LogP contribution < -0.4 is 9.64 Å². The minimum absolute atomic E-state index is 0.118. The first-order chi connectivity index (χ1) is 10.2. The van der Waals surface area contributed by atoms with Gasteiger partial charge in [0.2, 0.25) is 5.91 Å². The number of carbonyl (C=O) groups excluding carboxylic acids is 1. The second-order valence-electron chi connectivity index (χ2n) is 5.24. The Morgan fingerprint density at radius 3 is 2.95 bits per heavy atom. The molecule has 2 heterocycles. The van der Waals surface area contributed by atoms with E-state index in [0.29, 0.717) is 0 Å². The highest BCUT2D eigenvalue weighted by molar-refractivity contribution is 5.99. The molecule has 21 heavy (non-hydrogen) atoms. The van der Waals surface area contributed by atoms with E-state index in [1.54, 1.807) is 19.5 Å². The molecule has 1 aliphatic heterocycles. The second-order valence-corrected chi connectivity index (χ2v) is 5.24. The van der Waals surface area contributed by atoms with E-state index in [4.69, 9.17) is 4.74 Å². The van der Waals surface area contributed by atoms with Gasteiger partial charge in [-0.25, -0.2) is 0 Å². The molecule has 4 heteroatoms. The largest absolute Gasteiger partial charge is 0.497 e. The fraction of sp³-hybridized carbons (Fsp3) is 0.294. The molecule has 0 fully saturated rings. The zero-order valence-corrected chi connectivity index (χ0v) is 12.2. The average Bonchev–Trinajstić information content (AvgIpc) is 2.97. The molecule has 1 amide bonds. The van der Waals surface area contributed by atoms with Gasteiger partial charge in [-0.2, -0.15) is 0 Å². The summed E-state index contributed by atoms with van der Waals surface area (Å²) < 4.78 is 5.24. The van der Waals surface area contributed by atoms with Crippen LogP contribution in [0.4, 0.5) is 5.69 Å². The molecule has 0 spiro atoms. The van der Waals surface area contributed by atoms with Gasteiger partial charge in [0.15, 0.2) is 0 Å². The fourth-order valence-corrected chi connectivity index (χ4v) is 2.74. The number of pyridine rings is 1. The Morgan fingerprint density at radius 1 is 1.38 bits per heavy atom. The number of hydrogen-bond acceptors (Lipinski definition) is 3. The van der Waals surface area contributed by atoms with E-state index in [-0.39, 0.29) is 11.8 Å². The lowest BCUT2D eigenvalue weighted by Gasteiger charge is -2.22. The molecule has 108 valence electrons. The van der Waals surface area contributed by atoms with Crippen LogP contribution in [-0.2, 0) is 11.2 Å². The normalized spacial score (nSPS) is 14.7. The van der Waals surface area contributed by atoms with Crippen LogP contribution in [0.1, 0.15) is 24.0 Å². The van der Waals surface area contributed by atoms with Gasteiger partial charge in [-0.3, -0.25) is 9.78 Å². The number of methoxy groups -OCH3 is 1. The van der Waals surface area contributed by atoms with E-state index >= 15 is 0 Å². The van der Waals surface area contributed by atoms with Crippen molar-refractivity contribution in [2.75, 3.05) is 18.6 Å². The van der Waals surface area contributed by atoms with Crippen molar-refractivity contribution >= 4 is 11.6 Å². The molecular formula is C17H18N2O2. The van der Waals surface area contributed by atoms with Gasteiger partial charge in [-0.1, -0.05) is 6.07 Å². The van der Waals surface area contributed by atoms with Crippen LogP contribution in [0, 0.1) is 0 Å². The lowest BCUT2D eigenvalue weighted by atomic mass is 10.0. The van der Waals surface area contributed by atoms with E-state index in [0.717, 1.165) is 30.0 Å². The van der Waals surface area contributed by atoms with Gasteiger partial charge in [0.25, 0.3) is 0 Å². The predicted molar refractivity (Wildman–Crippen MR) is 81.7 cm³/mol. The van der Waals surface area contributed by atoms with Gasteiger partial charge in [0.1, 0.15) is 5.75 Å². The fourth-order valence-electron chi connectivity index (χ4n) is 2.74. The third-order valence-corrected chi connectivity index (χ3v) is 4.00. The van der Waals surface area contributed by atoms with Crippen molar-refractivity contribution in [3.63, 3.8) is 0 Å². The number of carbonyl (C=O) groups is 1. The van der Waals surface area contributed by atoms with Crippen LogP contribution in [0.15, 0.2) is 42.7 Å². The quantitative estimate of drug-likeness (QED) is 0.869. The van der Waals surface area contributed by atoms with Crippen molar-refractivity contribution in [1.29, 1.82) is 0 Å². The van der Waals surface area contributed by atoms with E-state index in [1.165, 1.54) is 5.56 Å². The number of rotatable bonds is 3. The maximum Gasteiger partial charge on any atom is 0.234 e. The van der Waals surface area contributed by atoms with Crippen molar-refractivity contribution in [3.05, 3.63) is 53.9 Å². The van der Waals surface area contributed by atoms with Gasteiger partial charge in [0.05, 0.1) is 13.0 Å². The smallest absolute Gasteiger partial charge is 0.234 e. The molecule has 2 aromatic rings. The zero-order chi connectivity index (χ0) is 14.8. The Kier molecular flexibility index (Phi) is 3.60. The van der Waals surface area contributed by atoms with Crippen LogP contribution >= 0.6 is 0 Å². The highest BCUT2D eigenvalue weighted by atomic mass is 16.5. The molecule has 1 aromatic carbocycles. The zero-order valence-electron chi connectivity index (χ0n) is 12.2. The molecular weight excluding hydrogens is 264 g/mol. The molecule has 0 aliphatic carbocycles. The van der Waals surface area contributed by atoms with Crippen molar-refractivity contribution < 1.29 is 9.53 Å².